The maximum absolute atomic E-state index is 13.1. The summed E-state index contributed by atoms with van der Waals surface area (Å²) >= 11 is 0. The molecule has 1 aromatic carbocycles. The van der Waals surface area contributed by atoms with Crippen LogP contribution in [0.2, 0.25) is 0 Å². The number of halogens is 1. The highest BCUT2D eigenvalue weighted by Crippen LogP contribution is 2.26. The van der Waals surface area contributed by atoms with Crippen LogP contribution in [-0.4, -0.2) is 67.2 Å². The molecule has 2 aliphatic heterocycles. The third-order valence-electron chi connectivity index (χ3n) is 5.54. The van der Waals surface area contributed by atoms with Gasteiger partial charge < -0.3 is 19.2 Å². The Bertz CT molecular complexity index is 784. The molecule has 0 bridgehead atoms. The molecular formula is C20H25FN4O2. The number of piperidine rings is 1. The van der Waals surface area contributed by atoms with Gasteiger partial charge in [-0.25, -0.2) is 4.39 Å². The van der Waals surface area contributed by atoms with Crippen molar-refractivity contribution < 1.29 is 13.7 Å². The minimum atomic E-state index is -0.238. The van der Waals surface area contributed by atoms with E-state index >= 15 is 0 Å². The van der Waals surface area contributed by atoms with Crippen molar-refractivity contribution in [1.29, 1.82) is 0 Å². The molecular weight excluding hydrogens is 347 g/mol. The van der Waals surface area contributed by atoms with E-state index in [0.717, 1.165) is 37.3 Å². The van der Waals surface area contributed by atoms with Gasteiger partial charge in [-0.2, -0.15) is 0 Å². The molecule has 2 aliphatic rings. The quantitative estimate of drug-likeness (QED) is 0.829. The van der Waals surface area contributed by atoms with Crippen molar-refractivity contribution in [2.24, 2.45) is 0 Å². The first-order valence-corrected chi connectivity index (χ1v) is 9.55. The maximum atomic E-state index is 13.1. The summed E-state index contributed by atoms with van der Waals surface area (Å²) in [6, 6.07) is 8.29. The van der Waals surface area contributed by atoms with E-state index in [4.69, 9.17) is 4.52 Å². The molecule has 27 heavy (non-hydrogen) atoms. The fraction of sp³-hybridized carbons (Fsp3) is 0.500. The fourth-order valence-corrected chi connectivity index (χ4v) is 3.97. The van der Waals surface area contributed by atoms with E-state index in [2.05, 4.69) is 22.0 Å². The maximum Gasteiger partial charge on any atom is 0.292 e. The largest absolute Gasteiger partial charge is 0.368 e. The number of carbonyl (C=O) groups is 1. The van der Waals surface area contributed by atoms with Crippen LogP contribution in [-0.2, 0) is 0 Å². The Labute approximate surface area is 158 Å². The SMILES string of the molecule is CN1CCCC(c2cc(C(=O)N3CCN(c4ccc(F)cc4)CC3)on2)C1. The monoisotopic (exact) mass is 372 g/mol. The number of hydrogen-bond donors (Lipinski definition) is 0. The molecule has 144 valence electrons. The average Bonchev–Trinajstić information content (AvgIpc) is 3.18. The summed E-state index contributed by atoms with van der Waals surface area (Å²) in [6.45, 7) is 4.71. The third kappa shape index (κ3) is 3.98. The zero-order valence-corrected chi connectivity index (χ0v) is 15.6. The number of hydrogen-bond acceptors (Lipinski definition) is 5. The van der Waals surface area contributed by atoms with Gasteiger partial charge in [0.05, 0.1) is 5.69 Å². The van der Waals surface area contributed by atoms with Gasteiger partial charge in [-0.15, -0.1) is 0 Å². The molecule has 0 spiro atoms. The van der Waals surface area contributed by atoms with Crippen molar-refractivity contribution >= 4 is 11.6 Å². The molecule has 3 heterocycles. The van der Waals surface area contributed by atoms with Crippen molar-refractivity contribution in [1.82, 2.24) is 15.0 Å². The standard InChI is InChI=1S/C20H25FN4O2/c1-23-8-2-3-15(14-23)18-13-19(27-22-18)20(26)25-11-9-24(10-12-25)17-6-4-16(21)5-7-17/h4-7,13,15H,2-3,8-12,14H2,1H3. The lowest BCUT2D eigenvalue weighted by molar-refractivity contribution is 0.0704. The zero-order chi connectivity index (χ0) is 18.8. The van der Waals surface area contributed by atoms with Gasteiger partial charge >= 0.3 is 0 Å². The zero-order valence-electron chi connectivity index (χ0n) is 15.6. The van der Waals surface area contributed by atoms with Crippen LogP contribution in [0.4, 0.5) is 10.1 Å². The molecule has 4 rings (SSSR count). The smallest absolute Gasteiger partial charge is 0.292 e. The molecule has 2 saturated heterocycles. The highest BCUT2D eigenvalue weighted by Gasteiger charge is 2.28. The molecule has 0 saturated carbocycles. The van der Waals surface area contributed by atoms with E-state index in [-0.39, 0.29) is 11.7 Å². The molecule has 1 aromatic heterocycles. The van der Waals surface area contributed by atoms with Crippen molar-refractivity contribution in [3.63, 3.8) is 0 Å². The number of aromatic nitrogens is 1. The molecule has 6 nitrogen and oxygen atoms in total. The van der Waals surface area contributed by atoms with Crippen LogP contribution >= 0.6 is 0 Å². The summed E-state index contributed by atoms with van der Waals surface area (Å²) in [5, 5.41) is 4.17. The Morgan fingerprint density at radius 3 is 2.59 bits per heavy atom. The topological polar surface area (TPSA) is 52.8 Å². The van der Waals surface area contributed by atoms with Gasteiger partial charge in [0.1, 0.15) is 5.82 Å². The highest BCUT2D eigenvalue weighted by molar-refractivity contribution is 5.91. The number of benzene rings is 1. The number of likely N-dealkylation sites (N-methyl/N-ethyl adjacent to an activating group) is 1. The fourth-order valence-electron chi connectivity index (χ4n) is 3.97. The Balaban J connectivity index is 1.36. The van der Waals surface area contributed by atoms with Gasteiger partial charge in [0.15, 0.2) is 0 Å². The molecule has 0 N–H and O–H groups in total. The van der Waals surface area contributed by atoms with Gasteiger partial charge in [-0.05, 0) is 50.7 Å². The molecule has 2 aromatic rings. The van der Waals surface area contributed by atoms with Crippen LogP contribution < -0.4 is 4.90 Å². The van der Waals surface area contributed by atoms with Gasteiger partial charge in [0.2, 0.25) is 5.76 Å². The lowest BCUT2D eigenvalue weighted by Crippen LogP contribution is -2.48. The summed E-state index contributed by atoms with van der Waals surface area (Å²) in [7, 11) is 2.11. The normalized spacial score (nSPS) is 21.5. The van der Waals surface area contributed by atoms with Crippen LogP contribution in [0.25, 0.3) is 0 Å². The Hall–Kier alpha value is -2.41. The second-order valence-electron chi connectivity index (χ2n) is 7.47. The van der Waals surface area contributed by atoms with Crippen molar-refractivity contribution in [2.75, 3.05) is 51.2 Å². The van der Waals surface area contributed by atoms with Crippen LogP contribution in [0.15, 0.2) is 34.9 Å². The second kappa shape index (κ2) is 7.68. The highest BCUT2D eigenvalue weighted by atomic mass is 19.1. The minimum absolute atomic E-state index is 0.100. The van der Waals surface area contributed by atoms with E-state index in [1.165, 1.54) is 12.1 Å². The summed E-state index contributed by atoms with van der Waals surface area (Å²) in [5.74, 6) is 0.326. The number of likely N-dealkylation sites (tertiary alicyclic amines) is 1. The van der Waals surface area contributed by atoms with Crippen molar-refractivity contribution in [3.05, 3.63) is 47.6 Å². The van der Waals surface area contributed by atoms with Gasteiger partial charge in [0, 0.05) is 50.4 Å². The molecule has 2 fully saturated rings. The van der Waals surface area contributed by atoms with E-state index < -0.39 is 0 Å². The predicted molar refractivity (Wildman–Crippen MR) is 100 cm³/mol. The van der Waals surface area contributed by atoms with E-state index in [0.29, 0.717) is 37.9 Å². The molecule has 0 radical (unpaired) electrons. The summed E-state index contributed by atoms with van der Waals surface area (Å²) in [6.07, 6.45) is 2.23. The van der Waals surface area contributed by atoms with Gasteiger partial charge in [0.25, 0.3) is 5.91 Å². The number of amides is 1. The number of anilines is 1. The second-order valence-corrected chi connectivity index (χ2v) is 7.47. The van der Waals surface area contributed by atoms with Crippen molar-refractivity contribution in [2.45, 2.75) is 18.8 Å². The molecule has 1 atom stereocenters. The van der Waals surface area contributed by atoms with Crippen LogP contribution in [0, 0.1) is 5.82 Å². The Kier molecular flexibility index (Phi) is 5.11. The van der Waals surface area contributed by atoms with E-state index in [1.54, 1.807) is 17.0 Å². The molecule has 1 amide bonds. The molecule has 7 heteroatoms. The summed E-state index contributed by atoms with van der Waals surface area (Å²) < 4.78 is 18.5. The number of rotatable bonds is 3. The summed E-state index contributed by atoms with van der Waals surface area (Å²) in [5.41, 5.74) is 1.86. The number of nitrogens with zero attached hydrogens (tertiary/aromatic N) is 4. The van der Waals surface area contributed by atoms with Crippen LogP contribution in [0.5, 0.6) is 0 Å². The Morgan fingerprint density at radius 1 is 1.15 bits per heavy atom. The molecule has 1 unspecified atom stereocenters. The van der Waals surface area contributed by atoms with E-state index in [9.17, 15) is 9.18 Å². The predicted octanol–water partition coefficient (Wildman–Crippen LogP) is 2.59. The first kappa shape index (κ1) is 18.0. The number of piperazine rings is 1. The minimum Gasteiger partial charge on any atom is -0.368 e. The summed E-state index contributed by atoms with van der Waals surface area (Å²) in [4.78, 5) is 19.0. The number of carbonyl (C=O) groups excluding carboxylic acids is 1. The third-order valence-corrected chi connectivity index (χ3v) is 5.54. The van der Waals surface area contributed by atoms with Crippen molar-refractivity contribution in [3.8, 4) is 0 Å². The first-order chi connectivity index (χ1) is 13.1. The lowest BCUT2D eigenvalue weighted by atomic mass is 9.95. The lowest BCUT2D eigenvalue weighted by Gasteiger charge is -2.35. The van der Waals surface area contributed by atoms with Crippen LogP contribution in [0.1, 0.15) is 35.0 Å². The average molecular weight is 372 g/mol. The molecule has 0 aliphatic carbocycles. The first-order valence-electron chi connectivity index (χ1n) is 9.55. The van der Waals surface area contributed by atoms with Gasteiger partial charge in [-0.1, -0.05) is 5.16 Å². The van der Waals surface area contributed by atoms with Gasteiger partial charge in [-0.3, -0.25) is 4.79 Å². The van der Waals surface area contributed by atoms with E-state index in [1.807, 2.05) is 6.07 Å². The Morgan fingerprint density at radius 2 is 1.89 bits per heavy atom. The van der Waals surface area contributed by atoms with Crippen LogP contribution in [0.3, 0.4) is 0 Å².